The number of hydrogen-bond acceptors (Lipinski definition) is 7. The molecule has 2 atom stereocenters. The minimum Gasteiger partial charge on any atom is -0.504 e. The van der Waals surface area contributed by atoms with E-state index in [1.165, 1.54) is 18.1 Å². The number of nitrogens with zero attached hydrogens (tertiary/aromatic N) is 2. The molecule has 35 heavy (non-hydrogen) atoms. The highest BCUT2D eigenvalue weighted by Crippen LogP contribution is 2.43. The van der Waals surface area contributed by atoms with Crippen LogP contribution in [0.5, 0.6) is 17.2 Å². The molecule has 2 heterocycles. The Hall–Kier alpha value is -2.85. The fraction of sp³-hybridized carbons (Fsp3) is 0.304. The second-order valence-corrected chi connectivity index (χ2v) is 10.4. The molecule has 9 nitrogen and oxygen atoms in total. The van der Waals surface area contributed by atoms with Gasteiger partial charge in [-0.05, 0) is 35.8 Å². The van der Waals surface area contributed by atoms with Gasteiger partial charge in [-0.3, -0.25) is 4.79 Å². The van der Waals surface area contributed by atoms with Crippen LogP contribution in [0.1, 0.15) is 22.3 Å². The zero-order valence-corrected chi connectivity index (χ0v) is 20.8. The van der Waals surface area contributed by atoms with Crippen LogP contribution in [0.4, 0.5) is 10.5 Å². The Morgan fingerprint density at radius 2 is 1.83 bits per heavy atom. The summed E-state index contributed by atoms with van der Waals surface area (Å²) in [6.07, 6.45) is -0.771. The van der Waals surface area contributed by atoms with Crippen LogP contribution < -0.4 is 14.4 Å². The second-order valence-electron chi connectivity index (χ2n) is 7.86. The van der Waals surface area contributed by atoms with Crippen molar-refractivity contribution in [3.05, 3.63) is 53.7 Å². The summed E-state index contributed by atoms with van der Waals surface area (Å²) < 4.78 is 13.5. The first kappa shape index (κ1) is 25.2. The third-order valence-electron chi connectivity index (χ3n) is 5.73. The number of alkyl halides is 3. The molecule has 2 N–H and O–H groups in total. The van der Waals surface area contributed by atoms with E-state index in [2.05, 4.69) is 0 Å². The fourth-order valence-electron chi connectivity index (χ4n) is 4.06. The van der Waals surface area contributed by atoms with Crippen LogP contribution in [0.15, 0.2) is 42.6 Å². The predicted octanol–water partition coefficient (Wildman–Crippen LogP) is 4.31. The van der Waals surface area contributed by atoms with Crippen molar-refractivity contribution < 1.29 is 34.0 Å². The van der Waals surface area contributed by atoms with E-state index in [-0.39, 0.29) is 29.2 Å². The van der Waals surface area contributed by atoms with Crippen molar-refractivity contribution in [3.8, 4) is 17.2 Å². The minimum atomic E-state index is -1.89. The Morgan fingerprint density at radius 1 is 1.14 bits per heavy atom. The van der Waals surface area contributed by atoms with Crippen molar-refractivity contribution in [2.24, 2.45) is 0 Å². The van der Waals surface area contributed by atoms with Gasteiger partial charge in [0.1, 0.15) is 12.4 Å². The lowest BCUT2D eigenvalue weighted by molar-refractivity contribution is 0.0553. The van der Waals surface area contributed by atoms with Crippen molar-refractivity contribution in [2.75, 3.05) is 25.7 Å². The number of carbonyl (C=O) groups is 2. The Balaban J connectivity index is 1.78. The number of amides is 2. The van der Waals surface area contributed by atoms with Crippen molar-refractivity contribution in [1.82, 2.24) is 4.90 Å². The third kappa shape index (κ3) is 4.95. The molecule has 0 saturated carbocycles. The molecule has 0 aliphatic carbocycles. The SMILES string of the molecule is COc1ccc(C2=CN3C(=O)c4cc(OC)c(O)cc4N(C(=O)OCC(Cl)(Cl)Cl)C(O)[C@@H]3C2)cc1. The smallest absolute Gasteiger partial charge is 0.416 e. The van der Waals surface area contributed by atoms with E-state index in [9.17, 15) is 19.8 Å². The number of hydrogen-bond donors (Lipinski definition) is 2. The molecule has 2 aromatic carbocycles. The number of aromatic hydroxyl groups is 1. The van der Waals surface area contributed by atoms with Gasteiger partial charge in [0, 0.05) is 12.3 Å². The molecule has 4 rings (SSSR count). The van der Waals surface area contributed by atoms with Crippen LogP contribution in [0.2, 0.25) is 0 Å². The summed E-state index contributed by atoms with van der Waals surface area (Å²) in [7, 11) is 2.88. The lowest BCUT2D eigenvalue weighted by Gasteiger charge is -2.32. The molecule has 2 aliphatic rings. The van der Waals surface area contributed by atoms with E-state index in [0.29, 0.717) is 5.75 Å². The number of benzene rings is 2. The summed E-state index contributed by atoms with van der Waals surface area (Å²) in [6, 6.07) is 8.79. The average molecular weight is 544 g/mol. The maximum Gasteiger partial charge on any atom is 0.416 e. The van der Waals surface area contributed by atoms with Crippen molar-refractivity contribution >= 4 is 58.1 Å². The van der Waals surface area contributed by atoms with Crippen LogP contribution in [0, 0.1) is 0 Å². The summed E-state index contributed by atoms with van der Waals surface area (Å²) in [4.78, 5) is 28.8. The number of anilines is 1. The molecule has 2 amide bonds. The number of aliphatic hydroxyl groups excluding tert-OH is 1. The minimum absolute atomic E-state index is 0.000681. The number of carbonyl (C=O) groups excluding carboxylic acids is 2. The Kier molecular flexibility index (Phi) is 6.97. The molecule has 2 aromatic rings. The molecule has 12 heteroatoms. The zero-order valence-electron chi connectivity index (χ0n) is 18.6. The van der Waals surface area contributed by atoms with Crippen molar-refractivity contribution in [1.29, 1.82) is 0 Å². The first-order valence-electron chi connectivity index (χ1n) is 10.3. The second kappa shape index (κ2) is 9.66. The average Bonchev–Trinajstić information content (AvgIpc) is 3.25. The van der Waals surface area contributed by atoms with E-state index in [1.54, 1.807) is 25.4 Å². The van der Waals surface area contributed by atoms with Crippen molar-refractivity contribution in [3.63, 3.8) is 0 Å². The molecule has 186 valence electrons. The highest BCUT2D eigenvalue weighted by Gasteiger charge is 2.46. The van der Waals surface area contributed by atoms with Gasteiger partial charge in [-0.15, -0.1) is 0 Å². The van der Waals surface area contributed by atoms with Gasteiger partial charge in [0.15, 0.2) is 17.7 Å². The number of fused-ring (bicyclic) bond motifs is 2. The van der Waals surface area contributed by atoms with Crippen LogP contribution in [-0.4, -0.2) is 64.0 Å². The van der Waals surface area contributed by atoms with Crippen molar-refractivity contribution in [2.45, 2.75) is 22.5 Å². The van der Waals surface area contributed by atoms with Gasteiger partial charge in [-0.25, -0.2) is 9.69 Å². The summed E-state index contributed by atoms with van der Waals surface area (Å²) in [6.45, 7) is -0.602. The fourth-order valence-corrected chi connectivity index (χ4v) is 4.22. The summed E-state index contributed by atoms with van der Waals surface area (Å²) in [5, 5.41) is 21.6. The van der Waals surface area contributed by atoms with Gasteiger partial charge in [0.05, 0.1) is 31.5 Å². The molecule has 1 unspecified atom stereocenters. The molecular formula is C23H21Cl3N2O7. The molecule has 0 aromatic heterocycles. The summed E-state index contributed by atoms with van der Waals surface area (Å²) >= 11 is 17.1. The van der Waals surface area contributed by atoms with Gasteiger partial charge < -0.3 is 29.3 Å². The standard InChI is InChI=1S/C23H21Cl3N2O7/c1-33-14-5-3-12(4-6-14)13-7-17-21(31)28(22(32)35-11-23(24,25)26)16-9-18(29)19(34-2)8-15(16)20(30)27(17)10-13/h3-6,8-10,17,21,29,31H,7,11H2,1-2H3/t17-,21?/m0/s1. The molecule has 0 fully saturated rings. The van der Waals surface area contributed by atoms with Gasteiger partial charge >= 0.3 is 6.09 Å². The molecular weight excluding hydrogens is 523 g/mol. The number of ether oxygens (including phenoxy) is 3. The monoisotopic (exact) mass is 542 g/mol. The van der Waals surface area contributed by atoms with Crippen LogP contribution in [0.25, 0.3) is 5.57 Å². The first-order valence-corrected chi connectivity index (χ1v) is 11.5. The van der Waals surface area contributed by atoms with Gasteiger partial charge in [-0.1, -0.05) is 46.9 Å². The Morgan fingerprint density at radius 3 is 2.43 bits per heavy atom. The highest BCUT2D eigenvalue weighted by atomic mass is 35.6. The maximum absolute atomic E-state index is 13.6. The van der Waals surface area contributed by atoms with Crippen LogP contribution in [0.3, 0.4) is 0 Å². The maximum atomic E-state index is 13.6. The number of halogens is 3. The number of rotatable bonds is 4. The van der Waals surface area contributed by atoms with Gasteiger partial charge in [-0.2, -0.15) is 0 Å². The van der Waals surface area contributed by atoms with E-state index in [1.807, 2.05) is 12.1 Å². The van der Waals surface area contributed by atoms with E-state index < -0.39 is 34.7 Å². The summed E-state index contributed by atoms with van der Waals surface area (Å²) in [5.41, 5.74) is 1.49. The number of phenolic OH excluding ortho intramolecular Hbond substituents is 1. The third-order valence-corrected chi connectivity index (χ3v) is 6.06. The summed E-state index contributed by atoms with van der Waals surface area (Å²) in [5.74, 6) is -0.177. The molecule has 0 radical (unpaired) electrons. The van der Waals surface area contributed by atoms with E-state index >= 15 is 0 Å². The number of aliphatic hydroxyl groups is 1. The molecule has 2 aliphatic heterocycles. The molecule has 0 saturated heterocycles. The predicted molar refractivity (Wildman–Crippen MR) is 130 cm³/mol. The van der Waals surface area contributed by atoms with E-state index in [0.717, 1.165) is 22.1 Å². The lowest BCUT2D eigenvalue weighted by atomic mass is 10.0. The van der Waals surface area contributed by atoms with Crippen LogP contribution in [-0.2, 0) is 4.74 Å². The van der Waals surface area contributed by atoms with Gasteiger partial charge in [0.2, 0.25) is 3.79 Å². The Labute approximate surface area is 215 Å². The quantitative estimate of drug-likeness (QED) is 0.553. The van der Waals surface area contributed by atoms with Gasteiger partial charge in [0.25, 0.3) is 5.91 Å². The number of methoxy groups -OCH3 is 2. The largest absolute Gasteiger partial charge is 0.504 e. The highest BCUT2D eigenvalue weighted by molar-refractivity contribution is 6.67. The molecule has 0 bridgehead atoms. The molecule has 0 spiro atoms. The first-order chi connectivity index (χ1) is 16.5. The van der Waals surface area contributed by atoms with E-state index in [4.69, 9.17) is 49.0 Å². The zero-order chi connectivity index (χ0) is 25.5. The Bertz CT molecular complexity index is 1180. The van der Waals surface area contributed by atoms with Crippen LogP contribution >= 0.6 is 34.8 Å². The normalized spacial score (nSPS) is 19.5. The topological polar surface area (TPSA) is 109 Å². The lowest BCUT2D eigenvalue weighted by Crippen LogP contribution is -2.50. The number of phenols is 1.